The van der Waals surface area contributed by atoms with Gasteiger partial charge in [0.2, 0.25) is 5.75 Å². The van der Waals surface area contributed by atoms with Crippen LogP contribution in [-0.2, 0) is 0 Å². The highest BCUT2D eigenvalue weighted by molar-refractivity contribution is 6.07. The second kappa shape index (κ2) is 8.80. The molecule has 0 amide bonds. The highest BCUT2D eigenvalue weighted by Gasteiger charge is 2.15. The van der Waals surface area contributed by atoms with Gasteiger partial charge in [-0.1, -0.05) is 6.08 Å². The Morgan fingerprint density at radius 3 is 1.69 bits per heavy atom. The summed E-state index contributed by atoms with van der Waals surface area (Å²) < 4.78 is 26.3. The zero-order valence-corrected chi connectivity index (χ0v) is 15.5. The zero-order chi connectivity index (χ0) is 19.1. The number of carbonyl (C=O) groups is 1. The van der Waals surface area contributed by atoms with Crippen LogP contribution >= 0.6 is 0 Å². The van der Waals surface area contributed by atoms with Gasteiger partial charge in [-0.15, -0.1) is 0 Å². The number of benzene rings is 2. The van der Waals surface area contributed by atoms with Crippen molar-refractivity contribution in [3.8, 4) is 28.7 Å². The van der Waals surface area contributed by atoms with Crippen LogP contribution in [0.4, 0.5) is 0 Å². The molecule has 0 spiro atoms. The number of hydrogen-bond acceptors (Lipinski definition) is 6. The van der Waals surface area contributed by atoms with Crippen molar-refractivity contribution in [2.45, 2.75) is 0 Å². The average molecular weight is 358 g/mol. The maximum absolute atomic E-state index is 12.6. The zero-order valence-electron chi connectivity index (χ0n) is 15.5. The quantitative estimate of drug-likeness (QED) is 0.530. The molecule has 0 heterocycles. The minimum atomic E-state index is -0.203. The van der Waals surface area contributed by atoms with Crippen molar-refractivity contribution >= 4 is 11.9 Å². The van der Waals surface area contributed by atoms with Crippen LogP contribution in [-0.4, -0.2) is 41.3 Å². The Bertz CT molecular complexity index is 763. The molecule has 26 heavy (non-hydrogen) atoms. The smallest absolute Gasteiger partial charge is 0.203 e. The Morgan fingerprint density at radius 1 is 0.731 bits per heavy atom. The Balaban J connectivity index is 2.34. The fourth-order valence-corrected chi connectivity index (χ4v) is 2.42. The Morgan fingerprint density at radius 2 is 1.27 bits per heavy atom. The number of ether oxygens (including phenoxy) is 5. The normalized spacial score (nSPS) is 10.5. The molecule has 0 bridgehead atoms. The SMILES string of the molecule is COc1cc(/C=C/C(=O)c2cc(OC)c(OC)c(OC)c2)cc(OC)c1. The lowest BCUT2D eigenvalue weighted by atomic mass is 10.1. The molecule has 0 fully saturated rings. The van der Waals surface area contributed by atoms with Crippen LogP contribution < -0.4 is 23.7 Å². The van der Waals surface area contributed by atoms with Gasteiger partial charge >= 0.3 is 0 Å². The average Bonchev–Trinajstić information content (AvgIpc) is 2.70. The highest BCUT2D eigenvalue weighted by Crippen LogP contribution is 2.38. The van der Waals surface area contributed by atoms with Gasteiger partial charge in [-0.25, -0.2) is 0 Å². The molecule has 6 nitrogen and oxygen atoms in total. The Labute approximate surface area is 152 Å². The number of methoxy groups -OCH3 is 5. The van der Waals surface area contributed by atoms with Crippen molar-refractivity contribution < 1.29 is 28.5 Å². The first kappa shape index (κ1) is 19.2. The highest BCUT2D eigenvalue weighted by atomic mass is 16.5. The maximum atomic E-state index is 12.6. The molecule has 0 saturated heterocycles. The number of allylic oxidation sites excluding steroid dienone is 1. The molecule has 2 aromatic carbocycles. The van der Waals surface area contributed by atoms with E-state index in [-0.39, 0.29) is 5.78 Å². The molecule has 0 N–H and O–H groups in total. The van der Waals surface area contributed by atoms with E-state index in [1.54, 1.807) is 38.5 Å². The molecule has 0 saturated carbocycles. The largest absolute Gasteiger partial charge is 0.497 e. The van der Waals surface area contributed by atoms with Crippen molar-refractivity contribution in [1.82, 2.24) is 0 Å². The van der Waals surface area contributed by atoms with Gasteiger partial charge in [-0.3, -0.25) is 4.79 Å². The maximum Gasteiger partial charge on any atom is 0.203 e. The van der Waals surface area contributed by atoms with E-state index in [0.717, 1.165) is 5.56 Å². The van der Waals surface area contributed by atoms with Crippen molar-refractivity contribution in [3.63, 3.8) is 0 Å². The summed E-state index contributed by atoms with van der Waals surface area (Å²) in [5, 5.41) is 0. The van der Waals surface area contributed by atoms with Gasteiger partial charge in [0.05, 0.1) is 35.5 Å². The molecule has 138 valence electrons. The first-order valence-corrected chi connectivity index (χ1v) is 7.81. The van der Waals surface area contributed by atoms with Gasteiger partial charge in [-0.05, 0) is 35.9 Å². The van der Waals surface area contributed by atoms with Crippen molar-refractivity contribution in [2.75, 3.05) is 35.5 Å². The molecule has 0 unspecified atom stereocenters. The topological polar surface area (TPSA) is 63.2 Å². The molecule has 2 rings (SSSR count). The molecule has 0 atom stereocenters. The summed E-state index contributed by atoms with van der Waals surface area (Å²) in [6.45, 7) is 0. The number of rotatable bonds is 8. The Kier molecular flexibility index (Phi) is 6.49. The predicted octanol–water partition coefficient (Wildman–Crippen LogP) is 3.63. The van der Waals surface area contributed by atoms with E-state index in [0.29, 0.717) is 34.3 Å². The standard InChI is InChI=1S/C20H22O6/c1-22-15-8-13(9-16(12-15)23-2)6-7-17(21)14-10-18(24-3)20(26-5)19(11-14)25-4/h6-12H,1-5H3/b7-6+. The fraction of sp³-hybridized carbons (Fsp3) is 0.250. The van der Waals surface area contributed by atoms with Gasteiger partial charge in [0.15, 0.2) is 17.3 Å². The minimum absolute atomic E-state index is 0.203. The third-order valence-corrected chi connectivity index (χ3v) is 3.75. The molecule has 0 aromatic heterocycles. The number of ketones is 1. The molecule has 0 aliphatic carbocycles. The molecular weight excluding hydrogens is 336 g/mol. The molecule has 0 aliphatic rings. The molecule has 0 aliphatic heterocycles. The molecule has 2 aromatic rings. The summed E-state index contributed by atoms with van der Waals surface area (Å²) in [7, 11) is 7.67. The predicted molar refractivity (Wildman–Crippen MR) is 99.0 cm³/mol. The van der Waals surface area contributed by atoms with Crippen LogP contribution in [0.3, 0.4) is 0 Å². The first-order chi connectivity index (χ1) is 12.6. The van der Waals surface area contributed by atoms with Gasteiger partial charge in [-0.2, -0.15) is 0 Å². The van der Waals surface area contributed by atoms with Gasteiger partial charge in [0.25, 0.3) is 0 Å². The van der Waals surface area contributed by atoms with E-state index in [1.165, 1.54) is 27.4 Å². The molecule has 6 heteroatoms. The van der Waals surface area contributed by atoms with Crippen LogP contribution in [0.15, 0.2) is 36.4 Å². The second-order valence-corrected chi connectivity index (χ2v) is 5.26. The van der Waals surface area contributed by atoms with E-state index >= 15 is 0 Å². The third kappa shape index (κ3) is 4.27. The third-order valence-electron chi connectivity index (χ3n) is 3.75. The summed E-state index contributed by atoms with van der Waals surface area (Å²) in [6.07, 6.45) is 3.16. The Hall–Kier alpha value is -3.15. The van der Waals surface area contributed by atoms with Crippen LogP contribution in [0.1, 0.15) is 15.9 Å². The van der Waals surface area contributed by atoms with Crippen LogP contribution in [0.2, 0.25) is 0 Å². The first-order valence-electron chi connectivity index (χ1n) is 7.81. The van der Waals surface area contributed by atoms with Crippen LogP contribution in [0.25, 0.3) is 6.08 Å². The summed E-state index contributed by atoms with van der Waals surface area (Å²) in [5.74, 6) is 2.37. The summed E-state index contributed by atoms with van der Waals surface area (Å²) >= 11 is 0. The lowest BCUT2D eigenvalue weighted by Crippen LogP contribution is -2.00. The van der Waals surface area contributed by atoms with E-state index < -0.39 is 0 Å². The van der Waals surface area contributed by atoms with Crippen molar-refractivity contribution in [3.05, 3.63) is 47.5 Å². The summed E-state index contributed by atoms with van der Waals surface area (Å²) in [4.78, 5) is 12.6. The van der Waals surface area contributed by atoms with Crippen LogP contribution in [0.5, 0.6) is 28.7 Å². The fourth-order valence-electron chi connectivity index (χ4n) is 2.42. The van der Waals surface area contributed by atoms with E-state index in [2.05, 4.69) is 0 Å². The number of carbonyl (C=O) groups excluding carboxylic acids is 1. The monoisotopic (exact) mass is 358 g/mol. The van der Waals surface area contributed by atoms with E-state index in [4.69, 9.17) is 23.7 Å². The van der Waals surface area contributed by atoms with E-state index in [9.17, 15) is 4.79 Å². The number of hydrogen-bond donors (Lipinski definition) is 0. The minimum Gasteiger partial charge on any atom is -0.497 e. The van der Waals surface area contributed by atoms with Crippen molar-refractivity contribution in [1.29, 1.82) is 0 Å². The van der Waals surface area contributed by atoms with E-state index in [1.807, 2.05) is 12.1 Å². The van der Waals surface area contributed by atoms with Crippen LogP contribution in [0, 0.1) is 0 Å². The lowest BCUT2D eigenvalue weighted by molar-refractivity contribution is 0.104. The van der Waals surface area contributed by atoms with Crippen molar-refractivity contribution in [2.24, 2.45) is 0 Å². The molecule has 0 radical (unpaired) electrons. The van der Waals surface area contributed by atoms with Gasteiger partial charge in [0, 0.05) is 11.6 Å². The summed E-state index contributed by atoms with van der Waals surface area (Å²) in [6, 6.07) is 8.60. The van der Waals surface area contributed by atoms with Gasteiger partial charge < -0.3 is 23.7 Å². The summed E-state index contributed by atoms with van der Waals surface area (Å²) in [5.41, 5.74) is 1.20. The lowest BCUT2D eigenvalue weighted by Gasteiger charge is -2.13. The van der Waals surface area contributed by atoms with Gasteiger partial charge in [0.1, 0.15) is 11.5 Å². The second-order valence-electron chi connectivity index (χ2n) is 5.26. The molecular formula is C20H22O6.